The Morgan fingerprint density at radius 2 is 2.19 bits per heavy atom. The van der Waals surface area contributed by atoms with Crippen LogP contribution >= 0.6 is 0 Å². The summed E-state index contributed by atoms with van der Waals surface area (Å²) in [5, 5.41) is 0. The molecule has 0 aromatic carbocycles. The molecule has 0 saturated heterocycles. The molecule has 0 radical (unpaired) electrons. The SMILES string of the molecule is CCCCN(CC)C(=O)c1cncc(N)c1. The van der Waals surface area contributed by atoms with Crippen molar-refractivity contribution in [2.24, 2.45) is 0 Å². The predicted molar refractivity (Wildman–Crippen MR) is 65.1 cm³/mol. The second-order valence-electron chi connectivity index (χ2n) is 3.75. The third-order valence-corrected chi connectivity index (χ3v) is 2.46. The van der Waals surface area contributed by atoms with E-state index in [4.69, 9.17) is 5.73 Å². The zero-order chi connectivity index (χ0) is 12.0. The second kappa shape index (κ2) is 6.10. The first-order chi connectivity index (χ1) is 7.69. The molecule has 4 heteroatoms. The summed E-state index contributed by atoms with van der Waals surface area (Å²) in [6, 6.07) is 1.67. The Kier molecular flexibility index (Phi) is 4.76. The number of unbranched alkanes of at least 4 members (excludes halogenated alkanes) is 1. The summed E-state index contributed by atoms with van der Waals surface area (Å²) in [7, 11) is 0. The fourth-order valence-electron chi connectivity index (χ4n) is 1.51. The number of rotatable bonds is 5. The molecule has 1 rings (SSSR count). The Morgan fingerprint density at radius 1 is 1.44 bits per heavy atom. The van der Waals surface area contributed by atoms with Crippen molar-refractivity contribution < 1.29 is 4.79 Å². The van der Waals surface area contributed by atoms with Crippen molar-refractivity contribution in [3.8, 4) is 0 Å². The number of nitrogens with zero attached hydrogens (tertiary/aromatic N) is 2. The molecule has 0 bridgehead atoms. The highest BCUT2D eigenvalue weighted by molar-refractivity contribution is 5.94. The number of nitrogen functional groups attached to an aromatic ring is 1. The first kappa shape index (κ1) is 12.5. The second-order valence-corrected chi connectivity index (χ2v) is 3.75. The quantitative estimate of drug-likeness (QED) is 0.826. The molecule has 1 amide bonds. The molecule has 0 aliphatic rings. The van der Waals surface area contributed by atoms with Crippen LogP contribution in [0.3, 0.4) is 0 Å². The van der Waals surface area contributed by atoms with Crippen LogP contribution in [0.1, 0.15) is 37.0 Å². The Morgan fingerprint density at radius 3 is 2.75 bits per heavy atom. The molecule has 4 nitrogen and oxygen atoms in total. The van der Waals surface area contributed by atoms with Crippen LogP contribution in [-0.4, -0.2) is 28.9 Å². The maximum absolute atomic E-state index is 12.1. The topological polar surface area (TPSA) is 59.2 Å². The van der Waals surface area contributed by atoms with Crippen molar-refractivity contribution in [2.75, 3.05) is 18.8 Å². The summed E-state index contributed by atoms with van der Waals surface area (Å²) in [6.07, 6.45) is 5.21. The molecule has 2 N–H and O–H groups in total. The monoisotopic (exact) mass is 221 g/mol. The Hall–Kier alpha value is -1.58. The summed E-state index contributed by atoms with van der Waals surface area (Å²) in [5.74, 6) is 0.00995. The van der Waals surface area contributed by atoms with Crippen LogP contribution in [0.5, 0.6) is 0 Å². The molecule has 0 unspecified atom stereocenters. The first-order valence-electron chi connectivity index (χ1n) is 5.68. The van der Waals surface area contributed by atoms with E-state index >= 15 is 0 Å². The summed E-state index contributed by atoms with van der Waals surface area (Å²) in [4.78, 5) is 17.8. The normalized spacial score (nSPS) is 10.1. The molecule has 1 heterocycles. The fraction of sp³-hybridized carbons (Fsp3) is 0.500. The van der Waals surface area contributed by atoms with Crippen LogP contribution in [0.4, 0.5) is 5.69 Å². The van der Waals surface area contributed by atoms with Crippen molar-refractivity contribution in [3.05, 3.63) is 24.0 Å². The summed E-state index contributed by atoms with van der Waals surface area (Å²) >= 11 is 0. The van der Waals surface area contributed by atoms with E-state index in [9.17, 15) is 4.79 Å². The fourth-order valence-corrected chi connectivity index (χ4v) is 1.51. The van der Waals surface area contributed by atoms with Gasteiger partial charge in [-0.05, 0) is 19.4 Å². The lowest BCUT2D eigenvalue weighted by molar-refractivity contribution is 0.0762. The van der Waals surface area contributed by atoms with Gasteiger partial charge in [-0.15, -0.1) is 0 Å². The van der Waals surface area contributed by atoms with Crippen molar-refractivity contribution in [2.45, 2.75) is 26.7 Å². The summed E-state index contributed by atoms with van der Waals surface area (Å²) < 4.78 is 0. The molecule has 1 aromatic rings. The maximum atomic E-state index is 12.1. The van der Waals surface area contributed by atoms with Crippen molar-refractivity contribution in [3.63, 3.8) is 0 Å². The lowest BCUT2D eigenvalue weighted by atomic mass is 10.2. The number of aromatic nitrogens is 1. The number of carbonyl (C=O) groups excluding carboxylic acids is 1. The van der Waals surface area contributed by atoms with Crippen molar-refractivity contribution in [1.82, 2.24) is 9.88 Å². The average Bonchev–Trinajstić information content (AvgIpc) is 2.29. The third-order valence-electron chi connectivity index (χ3n) is 2.46. The lowest BCUT2D eigenvalue weighted by Gasteiger charge is -2.20. The molecular formula is C12H19N3O. The van der Waals surface area contributed by atoms with Gasteiger partial charge in [-0.2, -0.15) is 0 Å². The third kappa shape index (κ3) is 3.22. The average molecular weight is 221 g/mol. The molecule has 0 saturated carbocycles. The zero-order valence-corrected chi connectivity index (χ0v) is 9.94. The Labute approximate surface area is 96.5 Å². The molecule has 0 fully saturated rings. The van der Waals surface area contributed by atoms with Crippen molar-refractivity contribution in [1.29, 1.82) is 0 Å². The van der Waals surface area contributed by atoms with E-state index in [0.29, 0.717) is 17.8 Å². The largest absolute Gasteiger partial charge is 0.397 e. The van der Waals surface area contributed by atoms with E-state index in [0.717, 1.165) is 19.4 Å². The minimum atomic E-state index is 0.00995. The lowest BCUT2D eigenvalue weighted by Crippen LogP contribution is -2.31. The maximum Gasteiger partial charge on any atom is 0.255 e. The van der Waals surface area contributed by atoms with Crippen LogP contribution in [0.15, 0.2) is 18.5 Å². The smallest absolute Gasteiger partial charge is 0.255 e. The van der Waals surface area contributed by atoms with Crippen LogP contribution in [0.25, 0.3) is 0 Å². The van der Waals surface area contributed by atoms with Crippen LogP contribution < -0.4 is 5.73 Å². The van der Waals surface area contributed by atoms with E-state index in [1.165, 1.54) is 0 Å². The van der Waals surface area contributed by atoms with E-state index in [1.54, 1.807) is 18.5 Å². The van der Waals surface area contributed by atoms with Gasteiger partial charge in [-0.25, -0.2) is 0 Å². The van der Waals surface area contributed by atoms with E-state index < -0.39 is 0 Å². The van der Waals surface area contributed by atoms with Gasteiger partial charge in [-0.3, -0.25) is 9.78 Å². The van der Waals surface area contributed by atoms with Gasteiger partial charge in [0, 0.05) is 25.5 Å². The number of carbonyl (C=O) groups is 1. The van der Waals surface area contributed by atoms with Crippen LogP contribution in [0.2, 0.25) is 0 Å². The standard InChI is InChI=1S/C12H19N3O/c1-3-5-6-15(4-2)12(16)10-7-11(13)9-14-8-10/h7-9H,3-6,13H2,1-2H3. The van der Waals surface area contributed by atoms with E-state index in [2.05, 4.69) is 11.9 Å². The zero-order valence-electron chi connectivity index (χ0n) is 9.94. The Balaban J connectivity index is 2.74. The summed E-state index contributed by atoms with van der Waals surface area (Å²) in [5.41, 5.74) is 6.70. The molecule has 0 aliphatic heterocycles. The molecular weight excluding hydrogens is 202 g/mol. The summed E-state index contributed by atoms with van der Waals surface area (Å²) in [6.45, 7) is 5.60. The van der Waals surface area contributed by atoms with Gasteiger partial charge in [0.15, 0.2) is 0 Å². The van der Waals surface area contributed by atoms with Gasteiger partial charge in [0.25, 0.3) is 5.91 Å². The van der Waals surface area contributed by atoms with Gasteiger partial charge in [-0.1, -0.05) is 13.3 Å². The van der Waals surface area contributed by atoms with Crippen LogP contribution in [-0.2, 0) is 0 Å². The number of anilines is 1. The number of hydrogen-bond acceptors (Lipinski definition) is 3. The highest BCUT2D eigenvalue weighted by atomic mass is 16.2. The first-order valence-corrected chi connectivity index (χ1v) is 5.68. The van der Waals surface area contributed by atoms with E-state index in [1.807, 2.05) is 11.8 Å². The molecule has 0 atom stereocenters. The minimum Gasteiger partial charge on any atom is -0.397 e. The van der Waals surface area contributed by atoms with Gasteiger partial charge in [0.2, 0.25) is 0 Å². The molecule has 88 valence electrons. The highest BCUT2D eigenvalue weighted by Gasteiger charge is 2.13. The van der Waals surface area contributed by atoms with Gasteiger partial charge in [0.1, 0.15) is 0 Å². The van der Waals surface area contributed by atoms with Crippen molar-refractivity contribution >= 4 is 11.6 Å². The predicted octanol–water partition coefficient (Wildman–Crippen LogP) is 1.93. The molecule has 16 heavy (non-hydrogen) atoms. The van der Waals surface area contributed by atoms with E-state index in [-0.39, 0.29) is 5.91 Å². The van der Waals surface area contributed by atoms with Crippen LogP contribution in [0, 0.1) is 0 Å². The highest BCUT2D eigenvalue weighted by Crippen LogP contribution is 2.08. The number of hydrogen-bond donors (Lipinski definition) is 1. The molecule has 0 aliphatic carbocycles. The molecule has 1 aromatic heterocycles. The molecule has 0 spiro atoms. The number of pyridine rings is 1. The minimum absolute atomic E-state index is 0.00995. The number of amides is 1. The van der Waals surface area contributed by atoms with Gasteiger partial charge >= 0.3 is 0 Å². The Bertz CT molecular complexity index is 352. The number of nitrogens with two attached hydrogens (primary N) is 1. The van der Waals surface area contributed by atoms with Gasteiger partial charge in [0.05, 0.1) is 11.3 Å². The van der Waals surface area contributed by atoms with Gasteiger partial charge < -0.3 is 10.6 Å².